The van der Waals surface area contributed by atoms with Crippen LogP contribution in [0, 0.1) is 0 Å². The van der Waals surface area contributed by atoms with Crippen LogP contribution in [0.3, 0.4) is 0 Å². The van der Waals surface area contributed by atoms with Gasteiger partial charge in [-0.05, 0) is 29.8 Å². The molecule has 2 heterocycles. The van der Waals surface area contributed by atoms with E-state index in [1.54, 1.807) is 14.2 Å². The van der Waals surface area contributed by atoms with E-state index in [9.17, 15) is 0 Å². The quantitative estimate of drug-likeness (QED) is 0.849. The highest BCUT2D eigenvalue weighted by molar-refractivity contribution is 5.78. The van der Waals surface area contributed by atoms with Crippen molar-refractivity contribution in [3.05, 3.63) is 42.0 Å². The summed E-state index contributed by atoms with van der Waals surface area (Å²) in [7, 11) is 3.33. The second-order valence-electron chi connectivity index (χ2n) is 5.36. The fraction of sp³-hybridized carbons (Fsp3) is 0.294. The second kappa shape index (κ2) is 4.40. The van der Waals surface area contributed by atoms with Crippen LogP contribution in [0.1, 0.15) is 5.56 Å². The Kier molecular flexibility index (Phi) is 2.62. The Labute approximate surface area is 123 Å². The van der Waals surface area contributed by atoms with Crippen LogP contribution in [0.2, 0.25) is 0 Å². The van der Waals surface area contributed by atoms with E-state index in [2.05, 4.69) is 6.07 Å². The van der Waals surface area contributed by atoms with Gasteiger partial charge in [0.05, 0.1) is 27.4 Å². The van der Waals surface area contributed by atoms with E-state index in [4.69, 9.17) is 18.9 Å². The summed E-state index contributed by atoms with van der Waals surface area (Å²) < 4.78 is 22.3. The van der Waals surface area contributed by atoms with Gasteiger partial charge in [0, 0.05) is 17.2 Å². The van der Waals surface area contributed by atoms with Crippen molar-refractivity contribution in [1.29, 1.82) is 0 Å². The van der Waals surface area contributed by atoms with Gasteiger partial charge in [0.2, 0.25) is 0 Å². The van der Waals surface area contributed by atoms with Crippen LogP contribution < -0.4 is 14.2 Å². The molecule has 2 aromatic rings. The molecule has 0 N–H and O–H groups in total. The number of ether oxygens (including phenoxy) is 4. The summed E-state index contributed by atoms with van der Waals surface area (Å²) in [6, 6.07) is 12.0. The molecule has 2 aromatic carbocycles. The van der Waals surface area contributed by atoms with Crippen LogP contribution in [0.5, 0.6) is 17.2 Å². The summed E-state index contributed by atoms with van der Waals surface area (Å²) in [5.41, 5.74) is 2.98. The Morgan fingerprint density at radius 3 is 2.19 bits per heavy atom. The topological polar surface area (TPSA) is 36.9 Å². The predicted molar refractivity (Wildman–Crippen MR) is 78.1 cm³/mol. The van der Waals surface area contributed by atoms with Crippen molar-refractivity contribution in [2.24, 2.45) is 0 Å². The molecule has 0 bridgehead atoms. The van der Waals surface area contributed by atoms with E-state index in [0.29, 0.717) is 13.2 Å². The van der Waals surface area contributed by atoms with Gasteiger partial charge in [0.1, 0.15) is 17.2 Å². The van der Waals surface area contributed by atoms with E-state index < -0.39 is 5.60 Å². The van der Waals surface area contributed by atoms with Crippen LogP contribution in [0.4, 0.5) is 0 Å². The lowest BCUT2D eigenvalue weighted by atomic mass is 9.82. The molecule has 4 rings (SSSR count). The Morgan fingerprint density at radius 2 is 1.57 bits per heavy atom. The second-order valence-corrected chi connectivity index (χ2v) is 5.36. The van der Waals surface area contributed by atoms with E-state index >= 15 is 0 Å². The van der Waals surface area contributed by atoms with Gasteiger partial charge in [-0.15, -0.1) is 0 Å². The van der Waals surface area contributed by atoms with Gasteiger partial charge in [0.15, 0.2) is 5.60 Å². The molecule has 108 valence electrons. The zero-order valence-corrected chi connectivity index (χ0v) is 12.0. The highest BCUT2D eigenvalue weighted by Gasteiger charge is 2.47. The fourth-order valence-corrected chi connectivity index (χ4v) is 2.97. The van der Waals surface area contributed by atoms with Crippen molar-refractivity contribution in [2.45, 2.75) is 5.60 Å². The molecule has 0 aliphatic carbocycles. The molecule has 21 heavy (non-hydrogen) atoms. The van der Waals surface area contributed by atoms with E-state index in [1.165, 1.54) is 5.56 Å². The number of hydrogen-bond donors (Lipinski definition) is 0. The fourth-order valence-electron chi connectivity index (χ4n) is 2.97. The van der Waals surface area contributed by atoms with Crippen LogP contribution in [0.15, 0.2) is 36.4 Å². The highest BCUT2D eigenvalue weighted by Crippen LogP contribution is 2.50. The molecule has 0 saturated carbocycles. The number of hydrogen-bond acceptors (Lipinski definition) is 4. The molecule has 4 heteroatoms. The maximum atomic E-state index is 6.26. The Bertz CT molecular complexity index is 704. The molecule has 4 nitrogen and oxygen atoms in total. The lowest BCUT2D eigenvalue weighted by Gasteiger charge is -2.45. The minimum Gasteiger partial charge on any atom is -0.497 e. The monoisotopic (exact) mass is 284 g/mol. The molecular formula is C17H16O4. The number of benzene rings is 2. The zero-order chi connectivity index (χ0) is 14.4. The van der Waals surface area contributed by atoms with Crippen molar-refractivity contribution < 1.29 is 18.9 Å². The van der Waals surface area contributed by atoms with Crippen LogP contribution in [-0.2, 0) is 10.3 Å². The largest absolute Gasteiger partial charge is 0.497 e. The lowest BCUT2D eigenvalue weighted by Crippen LogP contribution is -2.53. The summed E-state index contributed by atoms with van der Waals surface area (Å²) in [5.74, 6) is 2.47. The molecular weight excluding hydrogens is 268 g/mol. The van der Waals surface area contributed by atoms with Gasteiger partial charge >= 0.3 is 0 Å². The minimum absolute atomic E-state index is 0.400. The Balaban J connectivity index is 1.93. The standard InChI is InChI=1S/C17H16O4/c1-18-11-3-5-13-14-6-4-12(19-2)8-16(14)21-17(9-20-10-17)15(13)7-11/h3-8H,9-10H2,1-2H3. The van der Waals surface area contributed by atoms with Crippen molar-refractivity contribution in [3.8, 4) is 28.4 Å². The zero-order valence-electron chi connectivity index (χ0n) is 12.0. The van der Waals surface area contributed by atoms with E-state index in [1.807, 2.05) is 30.3 Å². The Morgan fingerprint density at radius 1 is 0.905 bits per heavy atom. The molecule has 0 atom stereocenters. The van der Waals surface area contributed by atoms with Crippen molar-refractivity contribution in [3.63, 3.8) is 0 Å². The van der Waals surface area contributed by atoms with Crippen molar-refractivity contribution in [1.82, 2.24) is 0 Å². The van der Waals surface area contributed by atoms with Crippen LogP contribution in [0.25, 0.3) is 11.1 Å². The SMILES string of the molecule is COc1ccc2c(c1)OC1(COC1)c1cc(OC)ccc1-2. The number of methoxy groups -OCH3 is 2. The van der Waals surface area contributed by atoms with Gasteiger partial charge in [-0.25, -0.2) is 0 Å². The molecule has 0 aromatic heterocycles. The minimum atomic E-state index is -0.400. The van der Waals surface area contributed by atoms with Crippen molar-refractivity contribution in [2.75, 3.05) is 27.4 Å². The summed E-state index contributed by atoms with van der Waals surface area (Å²) in [5, 5.41) is 0. The van der Waals surface area contributed by atoms with Gasteiger partial charge in [0.25, 0.3) is 0 Å². The first-order valence-corrected chi connectivity index (χ1v) is 6.89. The molecule has 1 saturated heterocycles. The average Bonchev–Trinajstić information content (AvgIpc) is 2.51. The molecule has 2 aliphatic heterocycles. The first-order chi connectivity index (χ1) is 10.3. The summed E-state index contributed by atoms with van der Waals surface area (Å²) in [4.78, 5) is 0. The van der Waals surface area contributed by atoms with E-state index in [-0.39, 0.29) is 0 Å². The normalized spacial score (nSPS) is 17.2. The third-order valence-electron chi connectivity index (χ3n) is 4.17. The summed E-state index contributed by atoms with van der Waals surface area (Å²) >= 11 is 0. The Hall–Kier alpha value is -2.20. The van der Waals surface area contributed by atoms with Gasteiger partial charge < -0.3 is 18.9 Å². The predicted octanol–water partition coefficient (Wildman–Crippen LogP) is 2.99. The summed E-state index contributed by atoms with van der Waals surface area (Å²) in [6.45, 7) is 1.12. The third kappa shape index (κ3) is 1.72. The van der Waals surface area contributed by atoms with Crippen LogP contribution >= 0.6 is 0 Å². The first-order valence-electron chi connectivity index (χ1n) is 6.89. The average molecular weight is 284 g/mol. The molecule has 1 fully saturated rings. The molecule has 0 unspecified atom stereocenters. The van der Waals surface area contributed by atoms with Gasteiger partial charge in [-0.3, -0.25) is 0 Å². The highest BCUT2D eigenvalue weighted by atomic mass is 16.6. The van der Waals surface area contributed by atoms with E-state index in [0.717, 1.165) is 28.4 Å². The molecule has 0 amide bonds. The number of rotatable bonds is 2. The van der Waals surface area contributed by atoms with Crippen molar-refractivity contribution >= 4 is 0 Å². The molecule has 1 spiro atoms. The van der Waals surface area contributed by atoms with Gasteiger partial charge in [-0.2, -0.15) is 0 Å². The number of fused-ring (bicyclic) bond motifs is 4. The first kappa shape index (κ1) is 12.5. The third-order valence-corrected chi connectivity index (χ3v) is 4.17. The maximum Gasteiger partial charge on any atom is 0.181 e. The smallest absolute Gasteiger partial charge is 0.181 e. The van der Waals surface area contributed by atoms with Crippen LogP contribution in [-0.4, -0.2) is 27.4 Å². The van der Waals surface area contributed by atoms with Gasteiger partial charge in [-0.1, -0.05) is 6.07 Å². The lowest BCUT2D eigenvalue weighted by molar-refractivity contribution is -0.169. The molecule has 2 aliphatic rings. The molecule has 0 radical (unpaired) electrons. The maximum absolute atomic E-state index is 6.26. The summed E-state index contributed by atoms with van der Waals surface area (Å²) in [6.07, 6.45) is 0.